The number of primary amides is 1. The minimum Gasteiger partial charge on any atom is -0.395 e. The number of carbonyl (C=O) groups excluding carboxylic acids is 3. The minimum absolute atomic E-state index is 0.171. The second-order valence-corrected chi connectivity index (χ2v) is 8.87. The van der Waals surface area contributed by atoms with Gasteiger partial charge in [0, 0.05) is 13.2 Å². The van der Waals surface area contributed by atoms with Gasteiger partial charge in [-0.15, -0.1) is 0 Å². The number of halogens is 2. The van der Waals surface area contributed by atoms with Crippen LogP contribution in [0.25, 0.3) is 0 Å². The molecule has 0 saturated carbocycles. The fourth-order valence-electron chi connectivity index (χ4n) is 3.93. The van der Waals surface area contributed by atoms with Gasteiger partial charge in [0.15, 0.2) is 5.69 Å². The lowest BCUT2D eigenvalue weighted by atomic mass is 10.0. The number of rotatable bonds is 8. The maximum Gasteiger partial charge on any atom is 0.273 e. The van der Waals surface area contributed by atoms with Crippen LogP contribution in [0.3, 0.4) is 0 Å². The number of anilines is 2. The topological polar surface area (TPSA) is 141 Å². The molecule has 3 aromatic rings. The van der Waals surface area contributed by atoms with E-state index >= 15 is 4.39 Å². The Morgan fingerprint density at radius 2 is 1.89 bits per heavy atom. The van der Waals surface area contributed by atoms with Gasteiger partial charge in [0.25, 0.3) is 11.8 Å². The number of benzene rings is 2. The van der Waals surface area contributed by atoms with Gasteiger partial charge < -0.3 is 21.5 Å². The number of nitrogens with one attached hydrogen (secondary N) is 1. The smallest absolute Gasteiger partial charge is 0.273 e. The summed E-state index contributed by atoms with van der Waals surface area (Å²) < 4.78 is 38.2. The minimum atomic E-state index is -1.42. The maximum absolute atomic E-state index is 15.1. The summed E-state index contributed by atoms with van der Waals surface area (Å²) in [7, 11) is 0. The largest absolute Gasteiger partial charge is 0.395 e. The van der Waals surface area contributed by atoms with E-state index in [1.165, 1.54) is 30.3 Å². The third kappa shape index (κ3) is 5.19. The van der Waals surface area contributed by atoms with Crippen LogP contribution in [0.4, 0.5) is 20.2 Å². The highest BCUT2D eigenvalue weighted by atomic mass is 32.1. The van der Waals surface area contributed by atoms with Crippen molar-refractivity contribution in [2.75, 3.05) is 23.8 Å². The molecule has 3 amide bonds. The highest BCUT2D eigenvalue weighted by Crippen LogP contribution is 2.34. The molecule has 2 atom stereocenters. The molecule has 12 heteroatoms. The van der Waals surface area contributed by atoms with Crippen LogP contribution in [0.5, 0.6) is 0 Å². The third-order valence-corrected chi connectivity index (χ3v) is 6.56. The average molecular weight is 516 g/mol. The van der Waals surface area contributed by atoms with Crippen LogP contribution in [0.1, 0.15) is 44.6 Å². The van der Waals surface area contributed by atoms with Crippen LogP contribution in [0.15, 0.2) is 48.5 Å². The molecule has 188 valence electrons. The van der Waals surface area contributed by atoms with Crippen molar-refractivity contribution in [3.63, 3.8) is 0 Å². The van der Waals surface area contributed by atoms with E-state index in [1.54, 1.807) is 0 Å². The highest BCUT2D eigenvalue weighted by Gasteiger charge is 2.37. The Morgan fingerprint density at radius 3 is 2.50 bits per heavy atom. The Hall–Kier alpha value is -3.90. The van der Waals surface area contributed by atoms with Gasteiger partial charge in [-0.2, -0.15) is 4.37 Å². The van der Waals surface area contributed by atoms with Crippen LogP contribution in [-0.4, -0.2) is 41.4 Å². The first kappa shape index (κ1) is 25.2. The van der Waals surface area contributed by atoms with E-state index < -0.39 is 35.4 Å². The summed E-state index contributed by atoms with van der Waals surface area (Å²) in [5.41, 5.74) is 10.7. The molecule has 1 aromatic heterocycles. The number of hydrogen-bond acceptors (Lipinski definition) is 7. The standard InChI is InChI=1S/C24H23F2N5O4S/c25-14-9-7-13(8-10-14)20(23(33)29-12-15-4-3-11-35-15)31(17-6-2-1-5-16(17)26)24(34)21-18(27)19(22(28)32)30-36-21/h1-2,5-10,15,20H,3-4,11-12,27H2,(H2,28,32)(H,29,33)/t15-,20+/m0/s1. The van der Waals surface area contributed by atoms with E-state index in [0.717, 1.165) is 35.9 Å². The normalized spacial score (nSPS) is 15.9. The summed E-state index contributed by atoms with van der Waals surface area (Å²) >= 11 is 0.601. The number of amides is 3. The molecule has 9 nitrogen and oxygen atoms in total. The van der Waals surface area contributed by atoms with Crippen molar-refractivity contribution >= 4 is 40.6 Å². The fourth-order valence-corrected chi connectivity index (χ4v) is 4.67. The number of para-hydroxylation sites is 1. The van der Waals surface area contributed by atoms with E-state index in [2.05, 4.69) is 9.69 Å². The lowest BCUT2D eigenvalue weighted by Gasteiger charge is -2.31. The zero-order chi connectivity index (χ0) is 25.8. The van der Waals surface area contributed by atoms with Crippen LogP contribution in [-0.2, 0) is 9.53 Å². The second-order valence-electron chi connectivity index (χ2n) is 8.10. The van der Waals surface area contributed by atoms with Gasteiger partial charge in [0.2, 0.25) is 5.91 Å². The molecule has 0 spiro atoms. The molecule has 1 aliphatic heterocycles. The molecule has 1 saturated heterocycles. The molecule has 0 unspecified atom stereocenters. The molecule has 2 heterocycles. The molecule has 4 rings (SSSR count). The Labute approximate surface area is 209 Å². The second kappa shape index (κ2) is 10.8. The number of hydrogen-bond donors (Lipinski definition) is 3. The van der Waals surface area contributed by atoms with Crippen molar-refractivity contribution in [1.82, 2.24) is 9.69 Å². The Morgan fingerprint density at radius 1 is 1.17 bits per heavy atom. The quantitative estimate of drug-likeness (QED) is 0.421. The first-order valence-corrected chi connectivity index (χ1v) is 11.8. The van der Waals surface area contributed by atoms with Crippen molar-refractivity contribution in [2.45, 2.75) is 25.0 Å². The molecule has 1 fully saturated rings. The fraction of sp³-hybridized carbons (Fsp3) is 0.250. The Balaban J connectivity index is 1.82. The molecule has 0 radical (unpaired) electrons. The van der Waals surface area contributed by atoms with Crippen molar-refractivity contribution in [2.24, 2.45) is 5.73 Å². The van der Waals surface area contributed by atoms with Gasteiger partial charge in [-0.05, 0) is 54.2 Å². The predicted molar refractivity (Wildman–Crippen MR) is 129 cm³/mol. The van der Waals surface area contributed by atoms with Gasteiger partial charge in [-0.1, -0.05) is 24.3 Å². The number of nitrogens with two attached hydrogens (primary N) is 2. The van der Waals surface area contributed by atoms with Crippen LogP contribution in [0, 0.1) is 11.6 Å². The van der Waals surface area contributed by atoms with Crippen LogP contribution < -0.4 is 21.7 Å². The molecule has 36 heavy (non-hydrogen) atoms. The monoisotopic (exact) mass is 515 g/mol. The van der Waals surface area contributed by atoms with Crippen molar-refractivity contribution < 1.29 is 27.9 Å². The number of nitrogens with zero attached hydrogens (tertiary/aromatic N) is 2. The number of ether oxygens (including phenoxy) is 1. The van der Waals surface area contributed by atoms with E-state index in [0.29, 0.717) is 18.1 Å². The zero-order valence-corrected chi connectivity index (χ0v) is 19.8. The zero-order valence-electron chi connectivity index (χ0n) is 18.9. The number of nitrogen functional groups attached to an aromatic ring is 1. The van der Waals surface area contributed by atoms with Gasteiger partial charge >= 0.3 is 0 Å². The van der Waals surface area contributed by atoms with Gasteiger partial charge in [-0.3, -0.25) is 19.3 Å². The van der Waals surface area contributed by atoms with E-state index in [4.69, 9.17) is 16.2 Å². The van der Waals surface area contributed by atoms with Crippen LogP contribution in [0.2, 0.25) is 0 Å². The first-order chi connectivity index (χ1) is 17.3. The van der Waals surface area contributed by atoms with Crippen molar-refractivity contribution in [3.05, 3.63) is 76.3 Å². The Kier molecular flexibility index (Phi) is 7.55. The van der Waals surface area contributed by atoms with E-state index in [9.17, 15) is 18.8 Å². The third-order valence-electron chi connectivity index (χ3n) is 5.71. The van der Waals surface area contributed by atoms with Gasteiger partial charge in [0.1, 0.15) is 22.6 Å². The van der Waals surface area contributed by atoms with Gasteiger partial charge in [0.05, 0.1) is 17.5 Å². The number of carbonyl (C=O) groups is 3. The van der Waals surface area contributed by atoms with E-state index in [1.807, 2.05) is 0 Å². The summed E-state index contributed by atoms with van der Waals surface area (Å²) in [4.78, 5) is 39.7. The number of aromatic nitrogens is 1. The molecule has 2 aromatic carbocycles. The average Bonchev–Trinajstić information content (AvgIpc) is 3.52. The molecule has 0 aliphatic carbocycles. The summed E-state index contributed by atoms with van der Waals surface area (Å²) in [5.74, 6) is -3.82. The summed E-state index contributed by atoms with van der Waals surface area (Å²) in [5, 5.41) is 2.76. The summed E-state index contributed by atoms with van der Waals surface area (Å²) in [6.45, 7) is 0.749. The highest BCUT2D eigenvalue weighted by molar-refractivity contribution is 7.09. The van der Waals surface area contributed by atoms with E-state index in [-0.39, 0.29) is 40.2 Å². The summed E-state index contributed by atoms with van der Waals surface area (Å²) in [6.07, 6.45) is 1.41. The lowest BCUT2D eigenvalue weighted by Crippen LogP contribution is -2.46. The molecular formula is C24H23F2N5O4S. The van der Waals surface area contributed by atoms with Crippen LogP contribution >= 0.6 is 11.5 Å². The summed E-state index contributed by atoms with van der Waals surface area (Å²) in [6, 6.07) is 8.88. The first-order valence-electron chi connectivity index (χ1n) is 11.1. The van der Waals surface area contributed by atoms with Crippen molar-refractivity contribution in [1.29, 1.82) is 0 Å². The molecule has 1 aliphatic rings. The molecule has 5 N–H and O–H groups in total. The molecule has 0 bridgehead atoms. The SMILES string of the molecule is NC(=O)c1nsc(C(=O)N(c2ccccc2F)[C@@H](C(=O)NC[C@@H]2CCCO2)c2ccc(F)cc2)c1N. The van der Waals surface area contributed by atoms with Gasteiger partial charge in [-0.25, -0.2) is 8.78 Å². The van der Waals surface area contributed by atoms with Crippen molar-refractivity contribution in [3.8, 4) is 0 Å². The maximum atomic E-state index is 15.1. The Bertz CT molecular complexity index is 1280. The lowest BCUT2D eigenvalue weighted by molar-refractivity contribution is -0.123. The molecular weight excluding hydrogens is 492 g/mol. The predicted octanol–water partition coefficient (Wildman–Crippen LogP) is 2.79.